The first-order chi connectivity index (χ1) is 7.85. The lowest BCUT2D eigenvalue weighted by Crippen LogP contribution is -2.19. The van der Waals surface area contributed by atoms with Gasteiger partial charge >= 0.3 is 12.4 Å². The highest BCUT2D eigenvalue weighted by Gasteiger charge is 2.44. The molecule has 0 amide bonds. The predicted molar refractivity (Wildman–Crippen MR) is 46.3 cm³/mol. The fourth-order valence-electron chi connectivity index (χ4n) is 1.26. The van der Waals surface area contributed by atoms with E-state index in [0.717, 1.165) is 0 Å². The molecule has 1 N–H and O–H groups in total. The zero-order valence-electron chi connectivity index (χ0n) is 8.17. The van der Waals surface area contributed by atoms with E-state index in [2.05, 4.69) is 0 Å². The molecule has 0 unspecified atom stereocenters. The quantitative estimate of drug-likeness (QED) is 0.640. The standard InChI is InChI=1S/C8H4F6O3S/c9-7(10,11)4-2-1-3-5(8(12,13)14)6(4)18(15,16)17/h1-3H,(H,15,16,17). The van der Waals surface area contributed by atoms with Crippen molar-refractivity contribution in [3.8, 4) is 0 Å². The van der Waals surface area contributed by atoms with Crippen molar-refractivity contribution in [2.24, 2.45) is 0 Å². The third-order valence-corrected chi connectivity index (χ3v) is 2.84. The maximum atomic E-state index is 12.4. The summed E-state index contributed by atoms with van der Waals surface area (Å²) in [5, 5.41) is 0. The van der Waals surface area contributed by atoms with Gasteiger partial charge in [-0.25, -0.2) is 0 Å². The van der Waals surface area contributed by atoms with Crippen LogP contribution in [-0.2, 0) is 22.5 Å². The van der Waals surface area contributed by atoms with Gasteiger partial charge in [0.05, 0.1) is 11.1 Å². The lowest BCUT2D eigenvalue weighted by molar-refractivity contribution is -0.147. The molecule has 0 spiro atoms. The van der Waals surface area contributed by atoms with E-state index in [4.69, 9.17) is 4.55 Å². The molecule has 0 aliphatic carbocycles. The average molecular weight is 294 g/mol. The first-order valence-electron chi connectivity index (χ1n) is 4.10. The van der Waals surface area contributed by atoms with Gasteiger partial charge in [0.25, 0.3) is 10.1 Å². The summed E-state index contributed by atoms with van der Waals surface area (Å²) in [6, 6.07) is 0.678. The Morgan fingerprint density at radius 3 is 1.44 bits per heavy atom. The Kier molecular flexibility index (Phi) is 3.38. The van der Waals surface area contributed by atoms with E-state index in [1.165, 1.54) is 0 Å². The maximum absolute atomic E-state index is 12.4. The van der Waals surface area contributed by atoms with Crippen LogP contribution in [0.1, 0.15) is 11.1 Å². The molecule has 0 aliphatic heterocycles. The fourth-order valence-corrected chi connectivity index (χ4v) is 2.18. The molecule has 0 saturated heterocycles. The van der Waals surface area contributed by atoms with Crippen LogP contribution in [0.5, 0.6) is 0 Å². The van der Waals surface area contributed by atoms with Crippen LogP contribution in [0.2, 0.25) is 0 Å². The summed E-state index contributed by atoms with van der Waals surface area (Å²) in [7, 11) is -5.67. The summed E-state index contributed by atoms with van der Waals surface area (Å²) in [6.45, 7) is 0. The van der Waals surface area contributed by atoms with Gasteiger partial charge in [-0.2, -0.15) is 34.8 Å². The van der Waals surface area contributed by atoms with E-state index < -0.39 is 38.5 Å². The van der Waals surface area contributed by atoms with Gasteiger partial charge in [0, 0.05) is 0 Å². The largest absolute Gasteiger partial charge is 0.417 e. The van der Waals surface area contributed by atoms with Crippen LogP contribution in [0, 0.1) is 0 Å². The second kappa shape index (κ2) is 4.12. The highest BCUT2D eigenvalue weighted by molar-refractivity contribution is 7.86. The van der Waals surface area contributed by atoms with Crippen molar-refractivity contribution in [2.75, 3.05) is 0 Å². The Bertz CT molecular complexity index is 525. The molecule has 1 aromatic carbocycles. The van der Waals surface area contributed by atoms with Crippen LogP contribution >= 0.6 is 0 Å². The average Bonchev–Trinajstić information content (AvgIpc) is 2.12. The van der Waals surface area contributed by atoms with Crippen LogP contribution < -0.4 is 0 Å². The van der Waals surface area contributed by atoms with Crippen LogP contribution in [-0.4, -0.2) is 13.0 Å². The third kappa shape index (κ3) is 2.93. The van der Waals surface area contributed by atoms with E-state index >= 15 is 0 Å². The minimum Gasteiger partial charge on any atom is -0.282 e. The fraction of sp³-hybridized carbons (Fsp3) is 0.250. The lowest BCUT2D eigenvalue weighted by Gasteiger charge is -2.16. The smallest absolute Gasteiger partial charge is 0.282 e. The van der Waals surface area contributed by atoms with Crippen LogP contribution in [0.3, 0.4) is 0 Å². The number of halogens is 6. The number of alkyl halides is 6. The SMILES string of the molecule is O=S(=O)(O)c1c(C(F)(F)F)cccc1C(F)(F)F. The lowest BCUT2D eigenvalue weighted by atomic mass is 10.1. The van der Waals surface area contributed by atoms with Gasteiger partial charge in [-0.05, 0) is 12.1 Å². The molecular weight excluding hydrogens is 290 g/mol. The van der Waals surface area contributed by atoms with Crippen molar-refractivity contribution < 1.29 is 39.3 Å². The van der Waals surface area contributed by atoms with E-state index in [0.29, 0.717) is 6.07 Å². The summed E-state index contributed by atoms with van der Waals surface area (Å²) in [5.41, 5.74) is -4.14. The summed E-state index contributed by atoms with van der Waals surface area (Å²) in [4.78, 5) is -2.19. The number of hydrogen-bond acceptors (Lipinski definition) is 2. The molecule has 3 nitrogen and oxygen atoms in total. The molecule has 102 valence electrons. The van der Waals surface area contributed by atoms with Crippen LogP contribution in [0.15, 0.2) is 23.1 Å². The van der Waals surface area contributed by atoms with E-state index in [1.54, 1.807) is 0 Å². The second-order valence-corrected chi connectivity index (χ2v) is 4.51. The van der Waals surface area contributed by atoms with Crippen molar-refractivity contribution in [1.82, 2.24) is 0 Å². The number of benzene rings is 1. The molecule has 18 heavy (non-hydrogen) atoms. The molecule has 0 aromatic heterocycles. The Hall–Kier alpha value is -1.29. The minimum absolute atomic E-state index is 0.137. The van der Waals surface area contributed by atoms with E-state index in [1.807, 2.05) is 0 Å². The van der Waals surface area contributed by atoms with Crippen molar-refractivity contribution in [1.29, 1.82) is 0 Å². The highest BCUT2D eigenvalue weighted by atomic mass is 32.2. The summed E-state index contributed by atoms with van der Waals surface area (Å²) >= 11 is 0. The Balaban J connectivity index is 3.79. The first kappa shape index (κ1) is 14.8. The minimum atomic E-state index is -5.67. The van der Waals surface area contributed by atoms with Gasteiger partial charge < -0.3 is 0 Å². The zero-order valence-corrected chi connectivity index (χ0v) is 8.99. The Labute approximate surface area is 96.8 Å². The topological polar surface area (TPSA) is 54.4 Å². The van der Waals surface area contributed by atoms with Gasteiger partial charge in [0.15, 0.2) is 0 Å². The van der Waals surface area contributed by atoms with Gasteiger partial charge in [-0.1, -0.05) is 6.07 Å². The first-order valence-corrected chi connectivity index (χ1v) is 5.54. The molecular formula is C8H4F6O3S. The van der Waals surface area contributed by atoms with E-state index in [-0.39, 0.29) is 12.1 Å². The molecule has 0 bridgehead atoms. The molecule has 0 fully saturated rings. The van der Waals surface area contributed by atoms with Gasteiger partial charge in [-0.3, -0.25) is 4.55 Å². The number of rotatable bonds is 1. The molecule has 0 atom stereocenters. The zero-order chi connectivity index (χ0) is 14.4. The Morgan fingerprint density at radius 1 is 0.889 bits per heavy atom. The molecule has 0 heterocycles. The maximum Gasteiger partial charge on any atom is 0.417 e. The summed E-state index contributed by atoms with van der Waals surface area (Å²) < 4.78 is 104. The van der Waals surface area contributed by atoms with Crippen molar-refractivity contribution >= 4 is 10.1 Å². The molecule has 10 heteroatoms. The normalized spacial score (nSPS) is 13.7. The third-order valence-electron chi connectivity index (χ3n) is 1.88. The second-order valence-electron chi connectivity index (χ2n) is 3.15. The molecule has 0 aliphatic rings. The summed E-state index contributed by atoms with van der Waals surface area (Å²) in [5.74, 6) is 0. The van der Waals surface area contributed by atoms with Gasteiger partial charge in [0.1, 0.15) is 4.90 Å². The van der Waals surface area contributed by atoms with Crippen LogP contribution in [0.25, 0.3) is 0 Å². The monoisotopic (exact) mass is 294 g/mol. The molecule has 1 aromatic rings. The van der Waals surface area contributed by atoms with Crippen molar-refractivity contribution in [3.05, 3.63) is 29.3 Å². The van der Waals surface area contributed by atoms with Gasteiger partial charge in [-0.15, -0.1) is 0 Å². The van der Waals surface area contributed by atoms with Crippen LogP contribution in [0.4, 0.5) is 26.3 Å². The molecule has 0 saturated carbocycles. The molecule has 0 radical (unpaired) electrons. The summed E-state index contributed by atoms with van der Waals surface area (Å²) in [6.07, 6.45) is -10.7. The Morgan fingerprint density at radius 2 is 1.22 bits per heavy atom. The van der Waals surface area contributed by atoms with Crippen molar-refractivity contribution in [3.63, 3.8) is 0 Å². The number of hydrogen-bond donors (Lipinski definition) is 1. The molecule has 1 rings (SSSR count). The van der Waals surface area contributed by atoms with E-state index in [9.17, 15) is 34.8 Å². The highest BCUT2D eigenvalue weighted by Crippen LogP contribution is 2.41. The van der Waals surface area contributed by atoms with Gasteiger partial charge in [0.2, 0.25) is 0 Å². The predicted octanol–water partition coefficient (Wildman–Crippen LogP) is 2.97. The van der Waals surface area contributed by atoms with Crippen molar-refractivity contribution in [2.45, 2.75) is 17.2 Å².